The molecule has 0 bridgehead atoms. The van der Waals surface area contributed by atoms with Crippen LogP contribution in [0.3, 0.4) is 0 Å². The number of carboxylic acid groups (broad SMARTS) is 1. The highest BCUT2D eigenvalue weighted by atomic mass is 32.2. The third kappa shape index (κ3) is 5.25. The average molecular weight is 447 g/mol. The fraction of sp³-hybridized carbons (Fsp3) is 0.200. The Hall–Kier alpha value is -3.73. The molecular weight excluding hydrogens is 426 g/mol. The van der Waals surface area contributed by atoms with Crippen LogP contribution in [0.5, 0.6) is 5.75 Å². The quantitative estimate of drug-likeness (QED) is 0.447. The molecule has 3 N–H and O–H groups in total. The molecule has 1 aromatic heterocycles. The van der Waals surface area contributed by atoms with Gasteiger partial charge in [-0.2, -0.15) is 0 Å². The number of nitrogens with one attached hydrogen (secondary N) is 2. The van der Waals surface area contributed by atoms with Gasteiger partial charge in [-0.15, -0.1) is 0 Å². The van der Waals surface area contributed by atoms with Crippen LogP contribution in [-0.4, -0.2) is 52.8 Å². The lowest BCUT2D eigenvalue weighted by Gasteiger charge is -2.12. The van der Waals surface area contributed by atoms with Crippen molar-refractivity contribution >= 4 is 38.7 Å². The number of ether oxygens (including phenoxy) is 1. The molecule has 0 radical (unpaired) electrons. The number of carbonyl (C=O) groups is 2. The van der Waals surface area contributed by atoms with E-state index in [1.54, 1.807) is 18.2 Å². The number of anilines is 1. The summed E-state index contributed by atoms with van der Waals surface area (Å²) in [5.74, 6) is -1.10. The van der Waals surface area contributed by atoms with E-state index in [1.807, 2.05) is 29.8 Å². The van der Waals surface area contributed by atoms with Crippen molar-refractivity contribution in [2.75, 3.05) is 32.1 Å². The maximum atomic E-state index is 12.8. The van der Waals surface area contributed by atoms with Crippen LogP contribution in [-0.2, 0) is 10.0 Å². The normalized spacial score (nSPS) is 11.2. The van der Waals surface area contributed by atoms with E-state index in [1.165, 1.54) is 24.3 Å². The van der Waals surface area contributed by atoms with E-state index < -0.39 is 22.0 Å². The summed E-state index contributed by atoms with van der Waals surface area (Å²) in [5, 5.41) is 11.3. The highest BCUT2D eigenvalue weighted by Crippen LogP contribution is 2.26. The summed E-state index contributed by atoms with van der Waals surface area (Å²) >= 11 is 0. The molecule has 0 saturated heterocycles. The molecule has 0 fully saturated rings. The first-order chi connectivity index (χ1) is 14.7. The molecule has 0 aliphatic carbocycles. The minimum atomic E-state index is -4.28. The number of furan rings is 1. The molecule has 31 heavy (non-hydrogen) atoms. The zero-order valence-corrected chi connectivity index (χ0v) is 17.6. The van der Waals surface area contributed by atoms with Crippen LogP contribution in [0.2, 0.25) is 0 Å². The van der Waals surface area contributed by atoms with Gasteiger partial charge in [-0.05, 0) is 30.3 Å². The number of benzene rings is 2. The lowest BCUT2D eigenvalue weighted by Crippen LogP contribution is -2.31. The number of para-hydroxylation sites is 1. The van der Waals surface area contributed by atoms with E-state index in [0.29, 0.717) is 11.0 Å². The van der Waals surface area contributed by atoms with Crippen molar-refractivity contribution in [1.82, 2.24) is 10.0 Å². The molecule has 0 aliphatic rings. The fourth-order valence-electron chi connectivity index (χ4n) is 2.75. The number of nitrogens with zero attached hydrogens (tertiary/aromatic N) is 1. The number of fused-ring (bicyclic) bond motifs is 1. The predicted octanol–water partition coefficient (Wildman–Crippen LogP) is 2.26. The second-order valence-corrected chi connectivity index (χ2v) is 8.34. The van der Waals surface area contributed by atoms with Gasteiger partial charge in [-0.25, -0.2) is 17.9 Å². The molecule has 0 unspecified atom stereocenters. The SMILES string of the molecule is CN(C)c1ccc2cc(C(=O)NS(=O)(=O)c3ccccc3OCCNC(=O)O)oc2c1. The van der Waals surface area contributed by atoms with Crippen molar-refractivity contribution in [3.63, 3.8) is 0 Å². The van der Waals surface area contributed by atoms with E-state index in [4.69, 9.17) is 14.3 Å². The van der Waals surface area contributed by atoms with Gasteiger partial charge in [-0.1, -0.05) is 12.1 Å². The summed E-state index contributed by atoms with van der Waals surface area (Å²) < 4.78 is 38.4. The molecular formula is C20H21N3O7S. The van der Waals surface area contributed by atoms with Gasteiger partial charge < -0.3 is 24.5 Å². The lowest BCUT2D eigenvalue weighted by atomic mass is 10.2. The first kappa shape index (κ1) is 22.0. The van der Waals surface area contributed by atoms with Crippen molar-refractivity contribution < 1.29 is 32.3 Å². The van der Waals surface area contributed by atoms with Crippen LogP contribution in [0.15, 0.2) is 57.8 Å². The molecule has 2 aromatic carbocycles. The number of amides is 2. The molecule has 2 amide bonds. The van der Waals surface area contributed by atoms with E-state index in [-0.39, 0.29) is 29.6 Å². The number of hydrogen-bond acceptors (Lipinski definition) is 7. The molecule has 0 atom stereocenters. The largest absolute Gasteiger partial charge is 0.490 e. The third-order valence-electron chi connectivity index (χ3n) is 4.25. The van der Waals surface area contributed by atoms with E-state index >= 15 is 0 Å². The summed E-state index contributed by atoms with van der Waals surface area (Å²) in [7, 11) is -0.555. The third-order valence-corrected chi connectivity index (χ3v) is 5.62. The Morgan fingerprint density at radius 1 is 1.13 bits per heavy atom. The maximum Gasteiger partial charge on any atom is 0.404 e. The molecule has 1 heterocycles. The lowest BCUT2D eigenvalue weighted by molar-refractivity contribution is 0.0956. The fourth-order valence-corrected chi connectivity index (χ4v) is 3.85. The summed E-state index contributed by atoms with van der Waals surface area (Å²) in [4.78, 5) is 24.7. The topological polar surface area (TPSA) is 138 Å². The van der Waals surface area contributed by atoms with Crippen molar-refractivity contribution in [2.24, 2.45) is 0 Å². The number of rotatable bonds is 8. The van der Waals surface area contributed by atoms with Gasteiger partial charge in [0.05, 0.1) is 6.54 Å². The predicted molar refractivity (Wildman–Crippen MR) is 113 cm³/mol. The first-order valence-electron chi connectivity index (χ1n) is 9.14. The van der Waals surface area contributed by atoms with E-state index in [0.717, 1.165) is 5.69 Å². The van der Waals surface area contributed by atoms with Gasteiger partial charge in [0.25, 0.3) is 10.0 Å². The molecule has 164 valence electrons. The summed E-state index contributed by atoms with van der Waals surface area (Å²) in [6.45, 7) is -0.130. The van der Waals surface area contributed by atoms with Crippen molar-refractivity contribution in [3.8, 4) is 5.75 Å². The zero-order valence-electron chi connectivity index (χ0n) is 16.8. The van der Waals surface area contributed by atoms with E-state index in [9.17, 15) is 18.0 Å². The van der Waals surface area contributed by atoms with Crippen LogP contribution in [0.1, 0.15) is 10.6 Å². The van der Waals surface area contributed by atoms with Gasteiger partial charge >= 0.3 is 12.0 Å². The molecule has 0 spiro atoms. The minimum absolute atomic E-state index is 0.0183. The van der Waals surface area contributed by atoms with Gasteiger partial charge in [0, 0.05) is 31.2 Å². The highest BCUT2D eigenvalue weighted by molar-refractivity contribution is 7.90. The maximum absolute atomic E-state index is 12.8. The van der Waals surface area contributed by atoms with Gasteiger partial charge in [0.2, 0.25) is 0 Å². The smallest absolute Gasteiger partial charge is 0.404 e. The van der Waals surface area contributed by atoms with Crippen LogP contribution >= 0.6 is 0 Å². The molecule has 10 nitrogen and oxygen atoms in total. The highest BCUT2D eigenvalue weighted by Gasteiger charge is 2.24. The Bertz CT molecular complexity index is 1220. The van der Waals surface area contributed by atoms with Gasteiger partial charge in [-0.3, -0.25) is 4.79 Å². The van der Waals surface area contributed by atoms with Gasteiger partial charge in [0.15, 0.2) is 5.76 Å². The van der Waals surface area contributed by atoms with Crippen LogP contribution in [0.4, 0.5) is 10.5 Å². The standard InChI is InChI=1S/C20H21N3O7S/c1-23(2)14-8-7-13-11-17(30-16(13)12-14)19(24)22-31(27,28)18-6-4-3-5-15(18)29-10-9-21-20(25)26/h3-8,11-12,21H,9-10H2,1-2H3,(H,22,24)(H,25,26). The number of sulfonamides is 1. The average Bonchev–Trinajstić information content (AvgIpc) is 3.14. The summed E-state index contributed by atoms with van der Waals surface area (Å²) in [5.41, 5.74) is 1.31. The Kier molecular flexibility index (Phi) is 6.35. The molecule has 3 aromatic rings. The summed E-state index contributed by atoms with van der Waals surface area (Å²) in [6, 6.07) is 12.5. The van der Waals surface area contributed by atoms with Crippen LogP contribution in [0, 0.1) is 0 Å². The van der Waals surface area contributed by atoms with Crippen LogP contribution < -0.4 is 19.7 Å². The second kappa shape index (κ2) is 8.96. The van der Waals surface area contributed by atoms with Crippen LogP contribution in [0.25, 0.3) is 11.0 Å². The first-order valence-corrected chi connectivity index (χ1v) is 10.6. The number of carbonyl (C=O) groups excluding carboxylic acids is 1. The molecule has 11 heteroatoms. The second-order valence-electron chi connectivity index (χ2n) is 6.69. The molecule has 0 saturated carbocycles. The monoisotopic (exact) mass is 447 g/mol. The number of hydrogen-bond donors (Lipinski definition) is 3. The summed E-state index contributed by atoms with van der Waals surface area (Å²) in [6.07, 6.45) is -1.22. The molecule has 3 rings (SSSR count). The minimum Gasteiger partial charge on any atom is -0.490 e. The van der Waals surface area contributed by atoms with Crippen molar-refractivity contribution in [3.05, 3.63) is 54.3 Å². The Morgan fingerprint density at radius 2 is 1.87 bits per heavy atom. The zero-order chi connectivity index (χ0) is 22.6. The Balaban J connectivity index is 1.78. The van der Waals surface area contributed by atoms with E-state index in [2.05, 4.69) is 5.32 Å². The Morgan fingerprint density at radius 3 is 2.58 bits per heavy atom. The van der Waals surface area contributed by atoms with Crippen molar-refractivity contribution in [1.29, 1.82) is 0 Å². The van der Waals surface area contributed by atoms with Gasteiger partial charge in [0.1, 0.15) is 22.8 Å². The van der Waals surface area contributed by atoms with Crippen molar-refractivity contribution in [2.45, 2.75) is 4.90 Å². The Labute approximate surface area is 178 Å². The molecule has 0 aliphatic heterocycles.